The van der Waals surface area contributed by atoms with Crippen LogP contribution in [0.3, 0.4) is 0 Å². The third kappa shape index (κ3) is 1.90. The Morgan fingerprint density at radius 1 is 1.43 bits per heavy atom. The van der Waals surface area contributed by atoms with Crippen molar-refractivity contribution in [2.24, 2.45) is 5.16 Å². The molecule has 0 saturated carbocycles. The van der Waals surface area contributed by atoms with Gasteiger partial charge in [0.05, 0.1) is 0 Å². The van der Waals surface area contributed by atoms with Gasteiger partial charge in [-0.05, 0) is 18.9 Å². The van der Waals surface area contributed by atoms with Gasteiger partial charge in [-0.2, -0.15) is 0 Å². The maximum absolute atomic E-state index is 8.72. The maximum atomic E-state index is 8.72. The lowest BCUT2D eigenvalue weighted by molar-refractivity contribution is 0.315. The van der Waals surface area contributed by atoms with Crippen molar-refractivity contribution in [3.05, 3.63) is 35.9 Å². The Morgan fingerprint density at radius 2 is 2.00 bits per heavy atom. The number of benzene rings is 1. The van der Waals surface area contributed by atoms with E-state index < -0.39 is 5.41 Å². The summed E-state index contributed by atoms with van der Waals surface area (Å²) < 4.78 is 0. The summed E-state index contributed by atoms with van der Waals surface area (Å²) in [6.07, 6.45) is 0.792. The first-order chi connectivity index (χ1) is 6.65. The molecule has 0 aromatic heterocycles. The summed E-state index contributed by atoms with van der Waals surface area (Å²) in [6.45, 7) is 3.98. The third-order valence-electron chi connectivity index (χ3n) is 2.66. The van der Waals surface area contributed by atoms with Crippen LogP contribution in [0.15, 0.2) is 35.5 Å². The molecule has 2 nitrogen and oxygen atoms in total. The lowest BCUT2D eigenvalue weighted by Gasteiger charge is -2.26. The Morgan fingerprint density at radius 3 is 2.43 bits per heavy atom. The van der Waals surface area contributed by atoms with Crippen LogP contribution in [0.2, 0.25) is 0 Å². The summed E-state index contributed by atoms with van der Waals surface area (Å²) in [7, 11) is 0. The number of rotatable bonds is 3. The predicted molar refractivity (Wildman–Crippen MR) is 59.2 cm³/mol. The highest BCUT2D eigenvalue weighted by molar-refractivity contribution is 6.67. The Labute approximate surface area is 89.2 Å². The molecule has 1 atom stereocenters. The van der Waals surface area contributed by atoms with E-state index in [2.05, 4.69) is 5.16 Å². The SMILES string of the molecule is CCC(C)(/C(Cl)=N/O)c1ccccc1. The van der Waals surface area contributed by atoms with Crippen molar-refractivity contribution in [2.75, 3.05) is 0 Å². The third-order valence-corrected chi connectivity index (χ3v) is 3.15. The monoisotopic (exact) mass is 211 g/mol. The molecule has 0 saturated heterocycles. The van der Waals surface area contributed by atoms with Gasteiger partial charge in [-0.25, -0.2) is 0 Å². The van der Waals surface area contributed by atoms with E-state index in [1.54, 1.807) is 0 Å². The quantitative estimate of drug-likeness (QED) is 0.464. The summed E-state index contributed by atoms with van der Waals surface area (Å²) in [5, 5.41) is 12.0. The minimum Gasteiger partial charge on any atom is -0.410 e. The summed E-state index contributed by atoms with van der Waals surface area (Å²) in [5.41, 5.74) is 0.669. The molecule has 0 bridgehead atoms. The van der Waals surface area contributed by atoms with E-state index >= 15 is 0 Å². The van der Waals surface area contributed by atoms with Crippen molar-refractivity contribution >= 4 is 16.8 Å². The highest BCUT2D eigenvalue weighted by atomic mass is 35.5. The molecule has 1 rings (SSSR count). The van der Waals surface area contributed by atoms with Crippen molar-refractivity contribution in [3.63, 3.8) is 0 Å². The van der Waals surface area contributed by atoms with Crippen LogP contribution in [-0.2, 0) is 5.41 Å². The van der Waals surface area contributed by atoms with Gasteiger partial charge in [0.25, 0.3) is 0 Å². The molecule has 0 heterocycles. The number of nitrogens with zero attached hydrogens (tertiary/aromatic N) is 1. The minimum absolute atomic E-state index is 0.228. The zero-order valence-corrected chi connectivity index (χ0v) is 9.12. The largest absolute Gasteiger partial charge is 0.410 e. The number of oxime groups is 1. The molecule has 1 N–H and O–H groups in total. The van der Waals surface area contributed by atoms with Crippen LogP contribution in [0.4, 0.5) is 0 Å². The van der Waals surface area contributed by atoms with Gasteiger partial charge in [0, 0.05) is 5.41 Å². The Hall–Kier alpha value is -1.02. The zero-order valence-electron chi connectivity index (χ0n) is 8.37. The summed E-state index contributed by atoms with van der Waals surface area (Å²) >= 11 is 5.91. The maximum Gasteiger partial charge on any atom is 0.155 e. The Bertz CT molecular complexity index is 323. The molecule has 3 heteroatoms. The fourth-order valence-electron chi connectivity index (χ4n) is 1.39. The van der Waals surface area contributed by atoms with Gasteiger partial charge in [0.1, 0.15) is 0 Å². The number of hydrogen-bond donors (Lipinski definition) is 1. The van der Waals surface area contributed by atoms with Gasteiger partial charge in [0.15, 0.2) is 5.17 Å². The van der Waals surface area contributed by atoms with E-state index in [4.69, 9.17) is 16.8 Å². The predicted octanol–water partition coefficient (Wildman–Crippen LogP) is 3.38. The average molecular weight is 212 g/mol. The molecular weight excluding hydrogens is 198 g/mol. The fourth-order valence-corrected chi connectivity index (χ4v) is 1.63. The van der Waals surface area contributed by atoms with E-state index in [-0.39, 0.29) is 5.17 Å². The molecule has 0 amide bonds. The van der Waals surface area contributed by atoms with Crippen molar-refractivity contribution in [1.29, 1.82) is 0 Å². The van der Waals surface area contributed by atoms with Gasteiger partial charge in [-0.1, -0.05) is 54.0 Å². The molecule has 14 heavy (non-hydrogen) atoms. The first kappa shape index (κ1) is 11.1. The van der Waals surface area contributed by atoms with E-state index in [1.807, 2.05) is 44.2 Å². The van der Waals surface area contributed by atoms with Crippen molar-refractivity contribution in [3.8, 4) is 0 Å². The van der Waals surface area contributed by atoms with Crippen LogP contribution in [0, 0.1) is 0 Å². The van der Waals surface area contributed by atoms with Gasteiger partial charge in [-0.15, -0.1) is 0 Å². The summed E-state index contributed by atoms with van der Waals surface area (Å²) in [4.78, 5) is 0. The molecule has 76 valence electrons. The Kier molecular flexibility index (Phi) is 3.53. The zero-order chi connectivity index (χ0) is 10.6. The highest BCUT2D eigenvalue weighted by Crippen LogP contribution is 2.30. The van der Waals surface area contributed by atoms with Crippen molar-refractivity contribution in [2.45, 2.75) is 25.7 Å². The molecule has 1 aromatic carbocycles. The number of halogens is 1. The molecule has 0 radical (unpaired) electrons. The van der Waals surface area contributed by atoms with Crippen LogP contribution < -0.4 is 0 Å². The van der Waals surface area contributed by atoms with Crippen LogP contribution in [-0.4, -0.2) is 10.4 Å². The lowest BCUT2D eigenvalue weighted by atomic mass is 9.81. The van der Waals surface area contributed by atoms with Gasteiger partial charge >= 0.3 is 0 Å². The molecule has 0 fully saturated rings. The molecule has 0 aliphatic carbocycles. The van der Waals surface area contributed by atoms with Crippen LogP contribution >= 0.6 is 11.6 Å². The highest BCUT2D eigenvalue weighted by Gasteiger charge is 2.30. The molecule has 1 unspecified atom stereocenters. The Balaban J connectivity index is 3.15. The molecule has 0 spiro atoms. The standard InChI is InChI=1S/C11H14ClNO/c1-3-11(2,10(12)13-14)9-7-5-4-6-8-9/h4-8,14H,3H2,1-2H3/b13-10-. The normalized spacial score (nSPS) is 16.4. The van der Waals surface area contributed by atoms with Crippen molar-refractivity contribution in [1.82, 2.24) is 0 Å². The van der Waals surface area contributed by atoms with Gasteiger partial charge in [0.2, 0.25) is 0 Å². The minimum atomic E-state index is -0.391. The average Bonchev–Trinajstić information content (AvgIpc) is 2.28. The second-order valence-electron chi connectivity index (χ2n) is 3.44. The van der Waals surface area contributed by atoms with Gasteiger partial charge in [-0.3, -0.25) is 0 Å². The fraction of sp³-hybridized carbons (Fsp3) is 0.364. The number of hydrogen-bond acceptors (Lipinski definition) is 2. The second-order valence-corrected chi connectivity index (χ2v) is 3.80. The molecule has 0 aliphatic heterocycles. The summed E-state index contributed by atoms with van der Waals surface area (Å²) in [5.74, 6) is 0. The van der Waals surface area contributed by atoms with Crippen molar-refractivity contribution < 1.29 is 5.21 Å². The topological polar surface area (TPSA) is 32.6 Å². The van der Waals surface area contributed by atoms with Gasteiger partial charge < -0.3 is 5.21 Å². The first-order valence-corrected chi connectivity index (χ1v) is 4.96. The molecule has 1 aromatic rings. The molecule has 0 aliphatic rings. The smallest absolute Gasteiger partial charge is 0.155 e. The van der Waals surface area contributed by atoms with E-state index in [1.165, 1.54) is 0 Å². The van der Waals surface area contributed by atoms with Crippen LogP contribution in [0.25, 0.3) is 0 Å². The van der Waals surface area contributed by atoms with Crippen LogP contribution in [0.1, 0.15) is 25.8 Å². The molecular formula is C11H14ClNO. The van der Waals surface area contributed by atoms with Crippen LogP contribution in [0.5, 0.6) is 0 Å². The van der Waals surface area contributed by atoms with E-state index in [0.717, 1.165) is 12.0 Å². The first-order valence-electron chi connectivity index (χ1n) is 4.58. The van der Waals surface area contributed by atoms with E-state index in [9.17, 15) is 0 Å². The second kappa shape index (κ2) is 4.47. The lowest BCUT2D eigenvalue weighted by Crippen LogP contribution is -2.28. The summed E-state index contributed by atoms with van der Waals surface area (Å²) in [6, 6.07) is 9.81. The van der Waals surface area contributed by atoms with E-state index in [0.29, 0.717) is 0 Å².